The first-order chi connectivity index (χ1) is 10.6. The Morgan fingerprint density at radius 3 is 1.09 bits per heavy atom. The van der Waals surface area contributed by atoms with Gasteiger partial charge in [-0.25, -0.2) is 0 Å². The molecule has 3 nitrogen and oxygen atoms in total. The molecule has 0 saturated heterocycles. The zero-order valence-corrected chi connectivity index (χ0v) is 16.9. The van der Waals surface area contributed by atoms with Gasteiger partial charge in [0.2, 0.25) is 0 Å². The van der Waals surface area contributed by atoms with E-state index in [4.69, 9.17) is 0 Å². The maximum atomic E-state index is 10.5. The predicted octanol–water partition coefficient (Wildman–Crippen LogP) is 5.16. The molecule has 0 aliphatic heterocycles. The molecular weight excluding hydrogens is 354 g/mol. The first-order valence-electron chi connectivity index (χ1n) is 9.57. The molecule has 0 aromatic carbocycles. The van der Waals surface area contributed by atoms with E-state index in [9.17, 15) is 14.4 Å². The Balaban J connectivity index is 0. The van der Waals surface area contributed by atoms with Gasteiger partial charge in [0.05, 0.1) is 0 Å². The Kier molecular flexibility index (Phi) is 21.3. The predicted molar refractivity (Wildman–Crippen MR) is 92.0 cm³/mol. The summed E-state index contributed by atoms with van der Waals surface area (Å²) in [6.07, 6.45) is 19.9. The second-order valence-electron chi connectivity index (χ2n) is 6.64. The van der Waals surface area contributed by atoms with Crippen molar-refractivity contribution in [3.63, 3.8) is 0 Å². The van der Waals surface area contributed by atoms with Crippen LogP contribution in [0.4, 0.5) is 0 Å². The zero-order valence-electron chi connectivity index (χ0n) is 15.0. The van der Waals surface area contributed by atoms with Crippen LogP contribution in [0.2, 0.25) is 0 Å². The van der Waals surface area contributed by atoms with Crippen LogP contribution in [0.1, 0.15) is 110 Å². The van der Waals surface area contributed by atoms with Crippen molar-refractivity contribution in [3.05, 3.63) is 0 Å². The van der Waals surface area contributed by atoms with Gasteiger partial charge in [-0.05, 0) is 12.6 Å². The third kappa shape index (κ3) is 25.0. The summed E-state index contributed by atoms with van der Waals surface area (Å²) in [7, 11) is -4.25. The van der Waals surface area contributed by atoms with E-state index in [0.29, 0.717) is 6.42 Å². The van der Waals surface area contributed by atoms with Gasteiger partial charge >= 0.3 is 16.5 Å². The largest absolute Gasteiger partial charge is 2.00 e. The smallest absolute Gasteiger partial charge is 0.811 e. The minimum absolute atomic E-state index is 0. The van der Waals surface area contributed by atoms with Crippen molar-refractivity contribution in [1.29, 1.82) is 0 Å². The third-order valence-electron chi connectivity index (χ3n) is 4.29. The van der Waals surface area contributed by atoms with Gasteiger partial charge in [0.25, 0.3) is 0 Å². The van der Waals surface area contributed by atoms with Crippen LogP contribution in [0.25, 0.3) is 0 Å². The van der Waals surface area contributed by atoms with E-state index in [0.717, 1.165) is 12.8 Å². The molecule has 0 aromatic heterocycles. The molecule has 23 heavy (non-hydrogen) atoms. The minimum Gasteiger partial charge on any atom is -0.811 e. The molecule has 0 spiro atoms. The number of unbranched alkanes of at least 4 members (excludes halogenated alkanes) is 15. The summed E-state index contributed by atoms with van der Waals surface area (Å²) in [4.78, 5) is 20.9. The second-order valence-corrected chi connectivity index (χ2v) is 8.31. The van der Waals surface area contributed by atoms with Crippen LogP contribution in [0.3, 0.4) is 0 Å². The van der Waals surface area contributed by atoms with Gasteiger partial charge in [-0.1, -0.05) is 111 Å². The van der Waals surface area contributed by atoms with Gasteiger partial charge in [-0.2, -0.15) is 0 Å². The molecule has 0 atom stereocenters. The maximum Gasteiger partial charge on any atom is 2.00 e. The molecule has 0 heterocycles. The van der Waals surface area contributed by atoms with Gasteiger partial charge in [0.1, 0.15) is 0 Å². The quantitative estimate of drug-likeness (QED) is 0.196. The summed E-state index contributed by atoms with van der Waals surface area (Å²) in [6.45, 7) is 2.26. The minimum atomic E-state index is -4.25. The SMILES string of the molecule is CCCCCCCCCCCCCCCCCCP(=O)([O-])[O-].[Ni+2]. The molecule has 0 aliphatic rings. The fraction of sp³-hybridized carbons (Fsp3) is 1.00. The van der Waals surface area contributed by atoms with Crippen LogP contribution in [-0.2, 0) is 21.1 Å². The van der Waals surface area contributed by atoms with E-state index in [-0.39, 0.29) is 22.7 Å². The van der Waals surface area contributed by atoms with Crippen LogP contribution in [0.15, 0.2) is 0 Å². The van der Waals surface area contributed by atoms with E-state index in [1.807, 2.05) is 0 Å². The topological polar surface area (TPSA) is 63.2 Å². The third-order valence-corrected chi connectivity index (χ3v) is 5.15. The van der Waals surface area contributed by atoms with Crippen LogP contribution in [0.5, 0.6) is 0 Å². The van der Waals surface area contributed by atoms with Crippen molar-refractivity contribution >= 4 is 7.60 Å². The van der Waals surface area contributed by atoms with Gasteiger partial charge in [-0.15, -0.1) is 0 Å². The molecular formula is C18H37NiO3P. The van der Waals surface area contributed by atoms with E-state index >= 15 is 0 Å². The van der Waals surface area contributed by atoms with Crippen LogP contribution >= 0.6 is 7.60 Å². The van der Waals surface area contributed by atoms with Gasteiger partial charge in [0.15, 0.2) is 0 Å². The van der Waals surface area contributed by atoms with Crippen molar-refractivity contribution in [3.8, 4) is 0 Å². The van der Waals surface area contributed by atoms with Gasteiger partial charge in [-0.3, -0.25) is 0 Å². The van der Waals surface area contributed by atoms with Crippen LogP contribution < -0.4 is 9.79 Å². The molecule has 0 aromatic rings. The summed E-state index contributed by atoms with van der Waals surface area (Å²) >= 11 is 0. The van der Waals surface area contributed by atoms with E-state index < -0.39 is 7.60 Å². The number of hydrogen-bond donors (Lipinski definition) is 0. The summed E-state index contributed by atoms with van der Waals surface area (Å²) in [5, 5.41) is 0. The molecule has 0 rings (SSSR count). The van der Waals surface area contributed by atoms with Crippen molar-refractivity contribution < 1.29 is 30.8 Å². The Morgan fingerprint density at radius 1 is 0.565 bits per heavy atom. The van der Waals surface area contributed by atoms with E-state index in [2.05, 4.69) is 6.92 Å². The molecule has 0 bridgehead atoms. The average Bonchev–Trinajstić information content (AvgIpc) is 2.45. The zero-order chi connectivity index (χ0) is 16.5. The Hall–Kier alpha value is 0.644. The Morgan fingerprint density at radius 2 is 0.826 bits per heavy atom. The fourth-order valence-corrected chi connectivity index (χ4v) is 3.46. The normalized spacial score (nSPS) is 11.4. The number of rotatable bonds is 17. The molecule has 0 fully saturated rings. The monoisotopic (exact) mass is 390 g/mol. The van der Waals surface area contributed by atoms with Crippen molar-refractivity contribution in [2.24, 2.45) is 0 Å². The molecule has 5 heteroatoms. The summed E-state index contributed by atoms with van der Waals surface area (Å²) < 4.78 is 10.5. The summed E-state index contributed by atoms with van der Waals surface area (Å²) in [5.74, 6) is 0. The van der Waals surface area contributed by atoms with E-state index in [1.54, 1.807) is 0 Å². The fourth-order valence-electron chi connectivity index (χ4n) is 2.85. The Bertz CT molecular complexity index is 269. The Labute approximate surface area is 154 Å². The standard InChI is InChI=1S/C18H39O3P.Ni/c1-2-3-4-5-6-7-8-9-10-11-12-13-14-15-16-17-18-22(19,20)21;/h2-18H2,1H3,(H2,19,20,21);/q;+2/p-2. The molecule has 142 valence electrons. The van der Waals surface area contributed by atoms with Crippen LogP contribution in [-0.4, -0.2) is 6.16 Å². The molecule has 0 aliphatic carbocycles. The molecule has 0 N–H and O–H groups in total. The van der Waals surface area contributed by atoms with E-state index in [1.165, 1.54) is 83.5 Å². The van der Waals surface area contributed by atoms with Gasteiger partial charge in [0, 0.05) is 0 Å². The van der Waals surface area contributed by atoms with Crippen molar-refractivity contribution in [2.45, 2.75) is 110 Å². The van der Waals surface area contributed by atoms with Crippen LogP contribution in [0, 0.1) is 0 Å². The molecule has 0 amide bonds. The molecule has 0 unspecified atom stereocenters. The molecule has 0 saturated carbocycles. The number of hydrogen-bond acceptors (Lipinski definition) is 3. The maximum absolute atomic E-state index is 10.5. The first kappa shape index (κ1) is 25.9. The average molecular weight is 391 g/mol. The summed E-state index contributed by atoms with van der Waals surface area (Å²) in [5.41, 5.74) is 0. The van der Waals surface area contributed by atoms with Crippen molar-refractivity contribution in [2.75, 3.05) is 6.16 Å². The summed E-state index contributed by atoms with van der Waals surface area (Å²) in [6, 6.07) is 0. The molecule has 0 radical (unpaired) electrons. The van der Waals surface area contributed by atoms with Crippen molar-refractivity contribution in [1.82, 2.24) is 0 Å². The van der Waals surface area contributed by atoms with Gasteiger partial charge < -0.3 is 14.4 Å². The second kappa shape index (κ2) is 19.0. The first-order valence-corrected chi connectivity index (χ1v) is 11.3.